The van der Waals surface area contributed by atoms with Gasteiger partial charge in [0, 0.05) is 6.42 Å². The maximum atomic E-state index is 12.9. The number of quaternary nitrogens is 1. The van der Waals surface area contributed by atoms with Crippen molar-refractivity contribution in [2.45, 2.75) is 238 Å². The van der Waals surface area contributed by atoms with Crippen molar-refractivity contribution in [1.82, 2.24) is 5.32 Å². The summed E-state index contributed by atoms with van der Waals surface area (Å²) in [6, 6.07) is -0.864. The fraction of sp³-hybridized carbons (Fsp3) is 0.827. The summed E-state index contributed by atoms with van der Waals surface area (Å²) < 4.78 is 23.6. The largest absolute Gasteiger partial charge is 0.472 e. The third-order valence-electron chi connectivity index (χ3n) is 11.3. The van der Waals surface area contributed by atoms with Gasteiger partial charge in [0.1, 0.15) is 13.2 Å². The molecule has 358 valence electrons. The molecule has 0 aromatic rings. The zero-order chi connectivity index (χ0) is 45.0. The average Bonchev–Trinajstić information content (AvgIpc) is 3.21. The van der Waals surface area contributed by atoms with E-state index in [-0.39, 0.29) is 19.1 Å². The summed E-state index contributed by atoms with van der Waals surface area (Å²) in [4.78, 5) is 23.2. The van der Waals surface area contributed by atoms with Crippen molar-refractivity contribution in [2.24, 2.45) is 0 Å². The molecule has 0 heterocycles. The van der Waals surface area contributed by atoms with Crippen LogP contribution in [-0.4, -0.2) is 73.4 Å². The first-order chi connectivity index (χ1) is 29.5. The molecule has 0 aliphatic heterocycles. The minimum atomic E-state index is -4.35. The standard InChI is InChI=1S/C52H99N2O6P/c1-6-8-10-12-14-16-18-20-21-22-23-24-25-26-27-28-29-30-31-32-33-34-36-38-40-42-44-46-52(56)53-50(49-60-61(57,58)59-48-47-54(3,4)5)51(55)45-43-41-39-37-35-19-17-15-13-11-9-7-2/h23-24,26-27,35,37,43,45,50-51,55H,6-22,25,28-34,36,38-42,44,46-49H2,1-5H3,(H-,53,56,57,58)/p+1/b24-23-,27-26-,37-35+,45-43+. The van der Waals surface area contributed by atoms with E-state index in [1.165, 1.54) is 161 Å². The Kier molecular flexibility index (Phi) is 42.6. The topological polar surface area (TPSA) is 105 Å². The number of aliphatic hydroxyl groups is 1. The van der Waals surface area contributed by atoms with Crippen LogP contribution in [0.5, 0.6) is 0 Å². The number of aliphatic hydroxyl groups excluding tert-OH is 1. The maximum Gasteiger partial charge on any atom is 0.472 e. The predicted molar refractivity (Wildman–Crippen MR) is 263 cm³/mol. The molecule has 0 saturated heterocycles. The SMILES string of the molecule is CCCCCCCC/C=C/CC/C=C/C(O)C(COP(=O)(O)OCC[N+](C)(C)C)NC(=O)CCCCCCCCCCCCC/C=C\C/C=C\CCCCCCCCCCC. The Morgan fingerprint density at radius 3 is 1.41 bits per heavy atom. The van der Waals surface area contributed by atoms with Gasteiger partial charge in [0.2, 0.25) is 5.91 Å². The lowest BCUT2D eigenvalue weighted by Crippen LogP contribution is -2.45. The van der Waals surface area contributed by atoms with Crippen LogP contribution >= 0.6 is 7.82 Å². The highest BCUT2D eigenvalue weighted by Gasteiger charge is 2.27. The molecule has 0 aliphatic rings. The summed E-state index contributed by atoms with van der Waals surface area (Å²) >= 11 is 0. The molecule has 61 heavy (non-hydrogen) atoms. The highest BCUT2D eigenvalue weighted by Crippen LogP contribution is 2.43. The molecule has 3 atom stereocenters. The number of carbonyl (C=O) groups excluding carboxylic acids is 1. The van der Waals surface area contributed by atoms with E-state index in [0.29, 0.717) is 17.4 Å². The molecule has 0 spiro atoms. The highest BCUT2D eigenvalue weighted by molar-refractivity contribution is 7.47. The van der Waals surface area contributed by atoms with Gasteiger partial charge in [-0.2, -0.15) is 0 Å². The first-order valence-corrected chi connectivity index (χ1v) is 27.0. The molecular weight excluding hydrogens is 780 g/mol. The van der Waals surface area contributed by atoms with E-state index >= 15 is 0 Å². The number of allylic oxidation sites excluding steroid dienone is 7. The normalized spacial score (nSPS) is 14.5. The van der Waals surface area contributed by atoms with Crippen LogP contribution in [0.2, 0.25) is 0 Å². The monoisotopic (exact) mass is 880 g/mol. The number of carbonyl (C=O) groups is 1. The van der Waals surface area contributed by atoms with Gasteiger partial charge in [0.15, 0.2) is 0 Å². The Hall–Kier alpha value is -1.54. The van der Waals surface area contributed by atoms with Crippen LogP contribution in [0.3, 0.4) is 0 Å². The molecule has 0 fully saturated rings. The van der Waals surface area contributed by atoms with Crippen molar-refractivity contribution < 1.29 is 32.9 Å². The van der Waals surface area contributed by atoms with Gasteiger partial charge in [0.05, 0.1) is 39.9 Å². The van der Waals surface area contributed by atoms with E-state index in [0.717, 1.165) is 44.9 Å². The maximum absolute atomic E-state index is 12.9. The zero-order valence-electron chi connectivity index (χ0n) is 40.7. The molecule has 0 rings (SSSR count). The molecule has 3 unspecified atom stereocenters. The number of amides is 1. The molecule has 9 heteroatoms. The van der Waals surface area contributed by atoms with Gasteiger partial charge in [-0.05, 0) is 64.2 Å². The number of phosphoric ester groups is 1. The lowest BCUT2D eigenvalue weighted by Gasteiger charge is -2.25. The average molecular weight is 880 g/mol. The van der Waals surface area contributed by atoms with Crippen LogP contribution in [0.4, 0.5) is 0 Å². The summed E-state index contributed by atoms with van der Waals surface area (Å²) in [6.45, 7) is 4.78. The fourth-order valence-corrected chi connectivity index (χ4v) is 7.94. The van der Waals surface area contributed by atoms with Crippen molar-refractivity contribution in [1.29, 1.82) is 0 Å². The summed E-state index contributed by atoms with van der Waals surface area (Å²) in [5.41, 5.74) is 0. The molecule has 0 aromatic carbocycles. The van der Waals surface area contributed by atoms with Crippen LogP contribution in [0, 0.1) is 0 Å². The van der Waals surface area contributed by atoms with Crippen molar-refractivity contribution in [3.8, 4) is 0 Å². The first-order valence-electron chi connectivity index (χ1n) is 25.5. The number of phosphoric acid groups is 1. The number of hydrogen-bond donors (Lipinski definition) is 3. The van der Waals surface area contributed by atoms with Gasteiger partial charge >= 0.3 is 7.82 Å². The fourth-order valence-electron chi connectivity index (χ4n) is 7.21. The third kappa shape index (κ3) is 46.3. The molecule has 0 saturated carbocycles. The Morgan fingerprint density at radius 1 is 0.557 bits per heavy atom. The molecule has 0 aromatic heterocycles. The number of nitrogens with zero attached hydrogens (tertiary/aromatic N) is 1. The van der Waals surface area contributed by atoms with E-state index in [9.17, 15) is 19.4 Å². The Balaban J connectivity index is 4.19. The van der Waals surface area contributed by atoms with Crippen molar-refractivity contribution >= 4 is 13.7 Å². The minimum Gasteiger partial charge on any atom is -0.387 e. The Morgan fingerprint density at radius 2 is 0.951 bits per heavy atom. The van der Waals surface area contributed by atoms with E-state index < -0.39 is 20.0 Å². The number of likely N-dealkylation sites (N-methyl/N-ethyl adjacent to an activating group) is 1. The molecule has 3 N–H and O–H groups in total. The summed E-state index contributed by atoms with van der Waals surface area (Å²) in [5.74, 6) is -0.190. The Bertz CT molecular complexity index is 1130. The third-order valence-corrected chi connectivity index (χ3v) is 12.3. The van der Waals surface area contributed by atoms with Crippen molar-refractivity contribution in [3.05, 3.63) is 48.6 Å². The lowest BCUT2D eigenvalue weighted by atomic mass is 10.0. The summed E-state index contributed by atoms with van der Waals surface area (Å²) in [6.07, 6.45) is 56.3. The highest BCUT2D eigenvalue weighted by atomic mass is 31.2. The second kappa shape index (κ2) is 43.7. The molecule has 0 aliphatic carbocycles. The lowest BCUT2D eigenvalue weighted by molar-refractivity contribution is -0.870. The minimum absolute atomic E-state index is 0.0548. The predicted octanol–water partition coefficient (Wildman–Crippen LogP) is 14.8. The number of unbranched alkanes of at least 4 members (excludes halogenated alkanes) is 27. The van der Waals surface area contributed by atoms with Crippen molar-refractivity contribution in [3.63, 3.8) is 0 Å². The second-order valence-corrected chi connectivity index (χ2v) is 20.0. The zero-order valence-corrected chi connectivity index (χ0v) is 41.5. The molecule has 0 bridgehead atoms. The first kappa shape index (κ1) is 59.5. The quantitative estimate of drug-likeness (QED) is 0.0243. The van der Waals surface area contributed by atoms with Crippen LogP contribution in [0.15, 0.2) is 48.6 Å². The van der Waals surface area contributed by atoms with Crippen LogP contribution in [0.1, 0.15) is 226 Å². The van der Waals surface area contributed by atoms with E-state index in [1.54, 1.807) is 6.08 Å². The molecular formula is C52H100N2O6P+. The van der Waals surface area contributed by atoms with Gasteiger partial charge in [-0.15, -0.1) is 0 Å². The Labute approximate surface area is 378 Å². The van der Waals surface area contributed by atoms with Gasteiger partial charge in [0.25, 0.3) is 0 Å². The molecule has 8 nitrogen and oxygen atoms in total. The van der Waals surface area contributed by atoms with Crippen molar-refractivity contribution in [2.75, 3.05) is 40.9 Å². The molecule has 0 radical (unpaired) electrons. The number of nitrogens with one attached hydrogen (secondary N) is 1. The number of hydrogen-bond acceptors (Lipinski definition) is 5. The van der Waals surface area contributed by atoms with Gasteiger partial charge < -0.3 is 19.8 Å². The van der Waals surface area contributed by atoms with Crippen LogP contribution in [-0.2, 0) is 18.4 Å². The summed E-state index contributed by atoms with van der Waals surface area (Å²) in [5, 5.41) is 13.8. The summed E-state index contributed by atoms with van der Waals surface area (Å²) in [7, 11) is 1.55. The van der Waals surface area contributed by atoms with Gasteiger partial charge in [-0.1, -0.05) is 204 Å². The van der Waals surface area contributed by atoms with E-state index in [1.807, 2.05) is 27.2 Å². The smallest absolute Gasteiger partial charge is 0.387 e. The second-order valence-electron chi connectivity index (χ2n) is 18.5. The molecule has 1 amide bonds. The van der Waals surface area contributed by atoms with E-state index in [4.69, 9.17) is 9.05 Å². The van der Waals surface area contributed by atoms with Gasteiger partial charge in [-0.25, -0.2) is 4.57 Å². The van der Waals surface area contributed by atoms with Crippen LogP contribution < -0.4 is 5.32 Å². The number of rotatable bonds is 46. The van der Waals surface area contributed by atoms with E-state index in [2.05, 4.69) is 55.6 Å². The van der Waals surface area contributed by atoms with Crippen LogP contribution in [0.25, 0.3) is 0 Å². The van der Waals surface area contributed by atoms with Gasteiger partial charge in [-0.3, -0.25) is 13.8 Å².